The fourth-order valence-electron chi connectivity index (χ4n) is 5.38. The van der Waals surface area contributed by atoms with E-state index in [9.17, 15) is 8.42 Å². The van der Waals surface area contributed by atoms with E-state index in [0.29, 0.717) is 16.7 Å². The second-order valence-corrected chi connectivity index (χ2v) is 12.6. The molecule has 0 radical (unpaired) electrons. The summed E-state index contributed by atoms with van der Waals surface area (Å²) < 4.78 is 27.4. The quantitative estimate of drug-likeness (QED) is 0.361. The molecule has 1 fully saturated rings. The van der Waals surface area contributed by atoms with Gasteiger partial charge < -0.3 is 0 Å². The van der Waals surface area contributed by atoms with Crippen LogP contribution in [0.5, 0.6) is 0 Å². The minimum Gasteiger partial charge on any atom is -0.200 e. The van der Waals surface area contributed by atoms with Crippen molar-refractivity contribution in [1.29, 1.82) is 0 Å². The molecule has 4 nitrogen and oxygen atoms in total. The maximum atomic E-state index is 13.7. The molecule has 1 saturated carbocycles. The molecular weight excluding hydrogens is 416 g/mol. The first-order valence-corrected chi connectivity index (χ1v) is 13.8. The number of rotatable bonds is 6. The Hall–Kier alpha value is -1.62. The Kier molecular flexibility index (Phi) is 7.29. The van der Waals surface area contributed by atoms with Crippen molar-refractivity contribution in [1.82, 2.24) is 4.83 Å². The monoisotopic (exact) mass is 458 g/mol. The van der Waals surface area contributed by atoms with Gasteiger partial charge in [-0.25, -0.2) is 4.83 Å². The van der Waals surface area contributed by atoms with Gasteiger partial charge in [0.15, 0.2) is 0 Å². The zero-order valence-corrected chi connectivity index (χ0v) is 22.1. The average molecular weight is 459 g/mol. The lowest BCUT2D eigenvalue weighted by Crippen LogP contribution is -2.35. The number of nitrogens with one attached hydrogen (secondary N) is 1. The van der Waals surface area contributed by atoms with Gasteiger partial charge in [0.1, 0.15) is 0 Å². The third kappa shape index (κ3) is 4.69. The van der Waals surface area contributed by atoms with Crippen molar-refractivity contribution in [3.8, 4) is 0 Å². The van der Waals surface area contributed by atoms with E-state index in [1.54, 1.807) is 0 Å². The van der Waals surface area contributed by atoms with Gasteiger partial charge in [-0.1, -0.05) is 72.2 Å². The van der Waals surface area contributed by atoms with Gasteiger partial charge >= 0.3 is 0 Å². The van der Waals surface area contributed by atoms with Crippen LogP contribution in [0.15, 0.2) is 33.8 Å². The van der Waals surface area contributed by atoms with Crippen LogP contribution in [0.3, 0.4) is 0 Å². The number of benzene rings is 1. The molecule has 3 rings (SSSR count). The molecule has 1 spiro atoms. The molecule has 5 heteroatoms. The largest absolute Gasteiger partial charge is 0.277 e. The Bertz CT molecular complexity index is 989. The highest BCUT2D eigenvalue weighted by Gasteiger charge is 2.46. The van der Waals surface area contributed by atoms with Crippen molar-refractivity contribution in [2.75, 3.05) is 0 Å². The fraction of sp³-hybridized carbons (Fsp3) is 0.667. The Morgan fingerprint density at radius 3 is 2.06 bits per heavy atom. The van der Waals surface area contributed by atoms with Crippen LogP contribution in [0.1, 0.15) is 122 Å². The average Bonchev–Trinajstić information content (AvgIpc) is 3.02. The summed E-state index contributed by atoms with van der Waals surface area (Å²) in [6.45, 7) is 17.1. The maximum absolute atomic E-state index is 13.7. The van der Waals surface area contributed by atoms with Crippen molar-refractivity contribution in [2.45, 2.75) is 110 Å². The van der Waals surface area contributed by atoms with E-state index in [-0.39, 0.29) is 17.3 Å². The van der Waals surface area contributed by atoms with E-state index >= 15 is 0 Å². The maximum Gasteiger partial charge on any atom is 0.277 e. The fourth-order valence-corrected chi connectivity index (χ4v) is 6.91. The van der Waals surface area contributed by atoms with Gasteiger partial charge in [0.2, 0.25) is 0 Å². The second-order valence-electron chi connectivity index (χ2n) is 11.0. The summed E-state index contributed by atoms with van der Waals surface area (Å²) in [6, 6.07) is 4.16. The van der Waals surface area contributed by atoms with Crippen LogP contribution in [-0.4, -0.2) is 14.1 Å². The Morgan fingerprint density at radius 2 is 1.59 bits per heavy atom. The van der Waals surface area contributed by atoms with E-state index in [1.807, 2.05) is 0 Å². The van der Waals surface area contributed by atoms with Gasteiger partial charge in [-0.05, 0) is 79.4 Å². The molecule has 0 heterocycles. The van der Waals surface area contributed by atoms with Gasteiger partial charge in [0.25, 0.3) is 10.0 Å². The van der Waals surface area contributed by atoms with E-state index < -0.39 is 10.0 Å². The molecule has 0 saturated heterocycles. The van der Waals surface area contributed by atoms with E-state index in [0.717, 1.165) is 48.9 Å². The second kappa shape index (κ2) is 9.32. The number of hydrazone groups is 1. The highest BCUT2D eigenvalue weighted by molar-refractivity contribution is 7.89. The number of allylic oxidation sites excluding steroid dienone is 2. The highest BCUT2D eigenvalue weighted by atomic mass is 32.2. The van der Waals surface area contributed by atoms with E-state index in [2.05, 4.69) is 83.5 Å². The lowest BCUT2D eigenvalue weighted by molar-refractivity contribution is 0.268. The van der Waals surface area contributed by atoms with Crippen molar-refractivity contribution in [3.05, 3.63) is 40.5 Å². The number of hydrogen-bond donors (Lipinski definition) is 1. The van der Waals surface area contributed by atoms with Crippen LogP contribution >= 0.6 is 0 Å². The molecule has 2 atom stereocenters. The molecule has 0 amide bonds. The topological polar surface area (TPSA) is 58.5 Å². The van der Waals surface area contributed by atoms with Crippen molar-refractivity contribution in [2.24, 2.45) is 16.4 Å². The highest BCUT2D eigenvalue weighted by Crippen LogP contribution is 2.50. The lowest BCUT2D eigenvalue weighted by Gasteiger charge is -2.36. The van der Waals surface area contributed by atoms with Gasteiger partial charge in [-0.3, -0.25) is 0 Å². The molecule has 1 aromatic rings. The van der Waals surface area contributed by atoms with E-state index in [4.69, 9.17) is 0 Å². The van der Waals surface area contributed by atoms with Crippen molar-refractivity contribution >= 4 is 15.7 Å². The van der Waals surface area contributed by atoms with Crippen LogP contribution in [0.4, 0.5) is 0 Å². The van der Waals surface area contributed by atoms with Crippen LogP contribution in [0.2, 0.25) is 0 Å². The van der Waals surface area contributed by atoms with Crippen LogP contribution in [-0.2, 0) is 10.0 Å². The molecule has 1 aromatic carbocycles. The summed E-state index contributed by atoms with van der Waals surface area (Å²) in [5.41, 5.74) is 5.44. The molecule has 0 aromatic heterocycles. The van der Waals surface area contributed by atoms with Crippen molar-refractivity contribution < 1.29 is 8.42 Å². The van der Waals surface area contributed by atoms with Gasteiger partial charge in [-0.15, -0.1) is 0 Å². The molecule has 0 aliphatic heterocycles. The SMILES string of the molecule is CC1=CC[C@]2(CC1)/C(=N/NS(=O)(=O)c1c(C(C)C)cc(C(C)C)cc1C(C)C)CC[C@H]2C. The molecule has 0 bridgehead atoms. The molecule has 0 unspecified atom stereocenters. The Balaban J connectivity index is 2.05. The van der Waals surface area contributed by atoms with Crippen LogP contribution < -0.4 is 4.83 Å². The molecular formula is C27H42N2O2S. The zero-order valence-electron chi connectivity index (χ0n) is 21.2. The van der Waals surface area contributed by atoms with Crippen LogP contribution in [0.25, 0.3) is 0 Å². The first-order valence-electron chi connectivity index (χ1n) is 12.3. The third-order valence-corrected chi connectivity index (χ3v) is 9.10. The van der Waals surface area contributed by atoms with Gasteiger partial charge in [0.05, 0.1) is 4.90 Å². The molecule has 1 N–H and O–H groups in total. The summed E-state index contributed by atoms with van der Waals surface area (Å²) in [6.07, 6.45) is 7.38. The standard InChI is InChI=1S/C27H42N2O2S/c1-17(2)22-15-23(18(3)4)26(24(16-22)19(5)6)32(30,31)29-28-25-10-9-21(8)27(25)13-11-20(7)12-14-27/h11,15-19,21,29H,9-10,12-14H2,1-8H3/b28-25+/t21-,27-/m1/s1. The molecule has 178 valence electrons. The number of hydrogen-bond acceptors (Lipinski definition) is 3. The minimum absolute atomic E-state index is 0.00524. The van der Waals surface area contributed by atoms with Gasteiger partial charge in [-0.2, -0.15) is 13.5 Å². The predicted octanol–water partition coefficient (Wildman–Crippen LogP) is 7.24. The molecule has 2 aliphatic rings. The normalized spacial score (nSPS) is 25.4. The summed E-state index contributed by atoms with van der Waals surface area (Å²) >= 11 is 0. The predicted molar refractivity (Wildman–Crippen MR) is 135 cm³/mol. The lowest BCUT2D eigenvalue weighted by atomic mass is 9.68. The molecule has 32 heavy (non-hydrogen) atoms. The van der Waals surface area contributed by atoms with Gasteiger partial charge in [0, 0.05) is 11.1 Å². The summed E-state index contributed by atoms with van der Waals surface area (Å²) in [5.74, 6) is 1.08. The first-order chi connectivity index (χ1) is 14.9. The van der Waals surface area contributed by atoms with Crippen molar-refractivity contribution in [3.63, 3.8) is 0 Å². The Labute approximate surface area is 196 Å². The number of nitrogens with zero attached hydrogens (tertiary/aromatic N) is 1. The first kappa shape index (κ1) is 25.0. The minimum atomic E-state index is -3.78. The third-order valence-electron chi connectivity index (χ3n) is 7.76. The Morgan fingerprint density at radius 1 is 1.00 bits per heavy atom. The number of sulfonamides is 1. The summed E-state index contributed by atoms with van der Waals surface area (Å²) in [4.78, 5) is 3.13. The summed E-state index contributed by atoms with van der Waals surface area (Å²) in [7, 11) is -3.78. The zero-order chi connectivity index (χ0) is 23.8. The van der Waals surface area contributed by atoms with E-state index in [1.165, 1.54) is 11.1 Å². The molecule has 2 aliphatic carbocycles. The summed E-state index contributed by atoms with van der Waals surface area (Å²) in [5, 5.41) is 4.63. The smallest absolute Gasteiger partial charge is 0.200 e. The van der Waals surface area contributed by atoms with Crippen LogP contribution in [0, 0.1) is 11.3 Å².